The van der Waals surface area contributed by atoms with Gasteiger partial charge in [-0.25, -0.2) is 0 Å². The number of benzene rings is 2. The second-order valence-corrected chi connectivity index (χ2v) is 6.12. The van der Waals surface area contributed by atoms with E-state index >= 15 is 0 Å². The molecule has 142 valence electrons. The van der Waals surface area contributed by atoms with Crippen molar-refractivity contribution in [1.82, 2.24) is 10.2 Å². The monoisotopic (exact) mass is 381 g/mol. The first kappa shape index (κ1) is 16.4. The third-order valence-electron chi connectivity index (χ3n) is 4.25. The van der Waals surface area contributed by atoms with Gasteiger partial charge in [0.05, 0.1) is 0 Å². The van der Waals surface area contributed by atoms with Crippen LogP contribution in [0.25, 0.3) is 0 Å². The minimum atomic E-state index is -0.553. The zero-order chi connectivity index (χ0) is 18.9. The number of para-hydroxylation sites is 2. The number of nitrogens with zero attached hydrogens (tertiary/aromatic N) is 2. The van der Waals surface area contributed by atoms with E-state index in [1.54, 1.807) is 24.3 Å². The van der Waals surface area contributed by atoms with E-state index in [1.165, 1.54) is 0 Å². The van der Waals surface area contributed by atoms with Crippen LogP contribution in [0.4, 0.5) is 6.01 Å². The van der Waals surface area contributed by atoms with E-state index in [1.807, 2.05) is 18.2 Å². The second-order valence-electron chi connectivity index (χ2n) is 6.12. The highest BCUT2D eigenvalue weighted by molar-refractivity contribution is 6.03. The first-order valence-electron chi connectivity index (χ1n) is 8.69. The van der Waals surface area contributed by atoms with E-state index in [2.05, 4.69) is 15.5 Å². The summed E-state index contributed by atoms with van der Waals surface area (Å²) in [6.45, 7) is 1.16. The number of hydrogen-bond donors (Lipinski definition) is 1. The van der Waals surface area contributed by atoms with Crippen molar-refractivity contribution >= 4 is 11.9 Å². The summed E-state index contributed by atoms with van der Waals surface area (Å²) >= 11 is 0. The first-order chi connectivity index (χ1) is 13.8. The molecule has 0 bridgehead atoms. The Hall–Kier alpha value is -3.75. The van der Waals surface area contributed by atoms with E-state index in [9.17, 15) is 4.79 Å². The Bertz CT molecular complexity index is 1030. The zero-order valence-electron chi connectivity index (χ0n) is 14.6. The maximum Gasteiger partial charge on any atom is 0.322 e. The molecule has 2 aromatic carbocycles. The van der Waals surface area contributed by atoms with Gasteiger partial charge in [0.25, 0.3) is 11.8 Å². The van der Waals surface area contributed by atoms with Crippen LogP contribution in [0.2, 0.25) is 0 Å². The number of carbonyl (C=O) groups excluding carboxylic acids is 1. The van der Waals surface area contributed by atoms with E-state index in [0.717, 1.165) is 0 Å². The number of ether oxygens (including phenoxy) is 4. The van der Waals surface area contributed by atoms with Crippen LogP contribution in [0.1, 0.15) is 22.4 Å². The van der Waals surface area contributed by atoms with E-state index in [4.69, 9.17) is 23.4 Å². The fourth-order valence-electron chi connectivity index (χ4n) is 2.91. The molecule has 1 amide bonds. The fraction of sp³-hybridized carbons (Fsp3) is 0.211. The maximum absolute atomic E-state index is 12.5. The molecule has 0 unspecified atom stereocenters. The zero-order valence-corrected chi connectivity index (χ0v) is 14.6. The molecule has 2 aliphatic rings. The van der Waals surface area contributed by atoms with Gasteiger partial charge < -0.3 is 23.4 Å². The SMILES string of the molecule is O=C(Nc1nnc([C@@H]2COc3ccccc3O2)o1)c1ccc2c(c1)OCCO2. The van der Waals surface area contributed by atoms with Crippen LogP contribution in [0.3, 0.4) is 0 Å². The lowest BCUT2D eigenvalue weighted by atomic mass is 10.2. The third kappa shape index (κ3) is 3.07. The third-order valence-corrected chi connectivity index (χ3v) is 4.25. The first-order valence-corrected chi connectivity index (χ1v) is 8.69. The predicted octanol–water partition coefficient (Wildman–Crippen LogP) is 2.61. The molecular weight excluding hydrogens is 366 g/mol. The summed E-state index contributed by atoms with van der Waals surface area (Å²) in [5.74, 6) is 2.20. The lowest BCUT2D eigenvalue weighted by Gasteiger charge is -2.23. The molecule has 1 aromatic heterocycles. The molecule has 9 heteroatoms. The number of rotatable bonds is 3. The highest BCUT2D eigenvalue weighted by atomic mass is 16.6. The highest BCUT2D eigenvalue weighted by Crippen LogP contribution is 2.36. The van der Waals surface area contributed by atoms with Gasteiger partial charge in [-0.15, -0.1) is 5.10 Å². The summed E-state index contributed by atoms with van der Waals surface area (Å²) in [7, 11) is 0. The van der Waals surface area contributed by atoms with Gasteiger partial charge in [-0.05, 0) is 30.3 Å². The van der Waals surface area contributed by atoms with Gasteiger partial charge in [0.1, 0.15) is 19.8 Å². The topological polar surface area (TPSA) is 105 Å². The Morgan fingerprint density at radius 2 is 1.71 bits per heavy atom. The maximum atomic E-state index is 12.5. The number of hydrogen-bond acceptors (Lipinski definition) is 8. The lowest BCUT2D eigenvalue weighted by Crippen LogP contribution is -2.21. The smallest absolute Gasteiger partial charge is 0.322 e. The number of anilines is 1. The number of carbonyl (C=O) groups is 1. The van der Waals surface area contributed by atoms with Gasteiger partial charge in [-0.1, -0.05) is 17.2 Å². The average molecular weight is 381 g/mol. The molecule has 3 heterocycles. The number of amides is 1. The van der Waals surface area contributed by atoms with Gasteiger partial charge >= 0.3 is 6.01 Å². The van der Waals surface area contributed by atoms with Crippen molar-refractivity contribution in [2.75, 3.05) is 25.1 Å². The van der Waals surface area contributed by atoms with Crippen LogP contribution in [0.5, 0.6) is 23.0 Å². The second kappa shape index (κ2) is 6.76. The molecule has 1 atom stereocenters. The predicted molar refractivity (Wildman–Crippen MR) is 95.0 cm³/mol. The van der Waals surface area contributed by atoms with E-state index in [-0.39, 0.29) is 18.5 Å². The molecule has 0 fully saturated rings. The van der Waals surface area contributed by atoms with Crippen LogP contribution in [0.15, 0.2) is 46.9 Å². The summed E-state index contributed by atoms with van der Waals surface area (Å²) < 4.78 is 27.9. The highest BCUT2D eigenvalue weighted by Gasteiger charge is 2.27. The quantitative estimate of drug-likeness (QED) is 0.738. The van der Waals surface area contributed by atoms with Crippen molar-refractivity contribution in [3.05, 3.63) is 53.9 Å². The van der Waals surface area contributed by atoms with Crippen LogP contribution in [0, 0.1) is 0 Å². The molecule has 0 spiro atoms. The molecule has 2 aliphatic heterocycles. The van der Waals surface area contributed by atoms with E-state index in [0.29, 0.717) is 41.8 Å². The number of fused-ring (bicyclic) bond motifs is 2. The van der Waals surface area contributed by atoms with Crippen molar-refractivity contribution in [2.24, 2.45) is 0 Å². The molecule has 0 saturated heterocycles. The number of nitrogens with one attached hydrogen (secondary N) is 1. The van der Waals surface area contributed by atoms with Gasteiger partial charge in [0.15, 0.2) is 23.0 Å². The fourth-order valence-corrected chi connectivity index (χ4v) is 2.91. The van der Waals surface area contributed by atoms with Crippen LogP contribution in [-0.4, -0.2) is 35.9 Å². The Morgan fingerprint density at radius 1 is 0.929 bits per heavy atom. The van der Waals surface area contributed by atoms with Crippen LogP contribution < -0.4 is 24.3 Å². The minimum Gasteiger partial charge on any atom is -0.486 e. The van der Waals surface area contributed by atoms with Gasteiger partial charge in [0, 0.05) is 5.56 Å². The molecule has 0 aliphatic carbocycles. The van der Waals surface area contributed by atoms with E-state index < -0.39 is 12.0 Å². The Morgan fingerprint density at radius 3 is 2.61 bits per heavy atom. The average Bonchev–Trinajstić information content (AvgIpc) is 3.21. The standard InChI is InChI=1S/C19H15N3O6/c23-17(11-5-6-13-15(9-11)25-8-7-24-13)20-19-22-21-18(28-19)16-10-26-12-3-1-2-4-14(12)27-16/h1-6,9,16H,7-8,10H2,(H,20,22,23)/t16-/m0/s1. The summed E-state index contributed by atoms with van der Waals surface area (Å²) in [5, 5.41) is 10.4. The van der Waals surface area contributed by atoms with Crippen molar-refractivity contribution in [3.63, 3.8) is 0 Å². The lowest BCUT2D eigenvalue weighted by molar-refractivity contribution is 0.0716. The summed E-state index contributed by atoms with van der Waals surface area (Å²) in [5.41, 5.74) is 0.384. The molecule has 9 nitrogen and oxygen atoms in total. The molecule has 0 saturated carbocycles. The molecule has 28 heavy (non-hydrogen) atoms. The minimum absolute atomic E-state index is 0.0302. The molecule has 5 rings (SSSR count). The Balaban J connectivity index is 1.28. The summed E-state index contributed by atoms with van der Waals surface area (Å²) in [6, 6.07) is 12.2. The Labute approximate surface area is 159 Å². The van der Waals surface area contributed by atoms with Gasteiger partial charge in [-0.3, -0.25) is 10.1 Å². The van der Waals surface area contributed by atoms with Crippen molar-refractivity contribution < 1.29 is 28.2 Å². The molecule has 1 N–H and O–H groups in total. The Kier molecular flexibility index (Phi) is 3.97. The summed E-state index contributed by atoms with van der Waals surface area (Å²) in [6.07, 6.45) is -0.553. The van der Waals surface area contributed by atoms with Crippen molar-refractivity contribution in [2.45, 2.75) is 6.10 Å². The van der Waals surface area contributed by atoms with Crippen molar-refractivity contribution in [1.29, 1.82) is 0 Å². The number of aromatic nitrogens is 2. The largest absolute Gasteiger partial charge is 0.486 e. The van der Waals surface area contributed by atoms with Gasteiger partial charge in [-0.2, -0.15) is 0 Å². The van der Waals surface area contributed by atoms with Crippen LogP contribution in [-0.2, 0) is 0 Å². The molecule has 3 aromatic rings. The normalized spacial score (nSPS) is 17.1. The van der Waals surface area contributed by atoms with Crippen LogP contribution >= 0.6 is 0 Å². The van der Waals surface area contributed by atoms with Gasteiger partial charge in [0.2, 0.25) is 6.10 Å². The van der Waals surface area contributed by atoms with Crippen molar-refractivity contribution in [3.8, 4) is 23.0 Å². The molecular formula is C19H15N3O6. The summed E-state index contributed by atoms with van der Waals surface area (Å²) in [4.78, 5) is 12.5. The molecule has 0 radical (unpaired) electrons.